The van der Waals surface area contributed by atoms with Gasteiger partial charge in [0.25, 0.3) is 0 Å². The molecule has 2 saturated heterocycles. The summed E-state index contributed by atoms with van der Waals surface area (Å²) in [4.78, 5) is 16.7. The molecule has 40 heavy (non-hydrogen) atoms. The molecule has 220 valence electrons. The third kappa shape index (κ3) is 5.31. The first-order valence-electron chi connectivity index (χ1n) is 15.5. The fourth-order valence-corrected chi connectivity index (χ4v) is 7.96. The summed E-state index contributed by atoms with van der Waals surface area (Å²) in [5, 5.41) is 9.88. The summed E-state index contributed by atoms with van der Waals surface area (Å²) in [5.74, 6) is 1.05. The first-order valence-corrected chi connectivity index (χ1v) is 15.5. The van der Waals surface area contributed by atoms with Crippen LogP contribution in [0.3, 0.4) is 0 Å². The molecule has 0 radical (unpaired) electrons. The molecule has 6 atom stereocenters. The second-order valence-electron chi connectivity index (χ2n) is 13.2. The Morgan fingerprint density at radius 2 is 2.00 bits per heavy atom. The number of nitrogens with zero attached hydrogens (tertiary/aromatic N) is 4. The van der Waals surface area contributed by atoms with Crippen molar-refractivity contribution in [2.45, 2.75) is 102 Å². The van der Waals surface area contributed by atoms with Gasteiger partial charge in [0, 0.05) is 50.2 Å². The number of H-pyrrole nitrogens is 1. The van der Waals surface area contributed by atoms with Crippen LogP contribution in [0, 0.1) is 11.7 Å². The van der Waals surface area contributed by atoms with Gasteiger partial charge in [-0.05, 0) is 102 Å². The minimum absolute atomic E-state index is 0.157. The van der Waals surface area contributed by atoms with E-state index in [0.717, 1.165) is 68.7 Å². The number of imidazole rings is 1. The molecule has 4 unspecified atom stereocenters. The highest BCUT2D eigenvalue weighted by molar-refractivity contribution is 5.39. The van der Waals surface area contributed by atoms with Crippen LogP contribution in [0.4, 0.5) is 4.39 Å². The SMILES string of the molecule is CCc1cc(O)c(F)cc1C1CCC2C(C1)NNC2c1nc2c([nH]1)CN(C(C)C)[C@@H](CN1CC[C@H](N(C)C)C1)C2. The molecule has 9 heteroatoms. The summed E-state index contributed by atoms with van der Waals surface area (Å²) in [6, 6.07) is 5.29. The van der Waals surface area contributed by atoms with E-state index in [1.165, 1.54) is 24.4 Å². The Bertz CT molecular complexity index is 1200. The topological polar surface area (TPSA) is 82.7 Å². The van der Waals surface area contributed by atoms with Crippen LogP contribution in [0.5, 0.6) is 5.75 Å². The van der Waals surface area contributed by atoms with E-state index >= 15 is 0 Å². The molecule has 4 aliphatic rings. The summed E-state index contributed by atoms with van der Waals surface area (Å²) >= 11 is 0. The number of aryl methyl sites for hydroxylation is 1. The zero-order valence-electron chi connectivity index (χ0n) is 24.9. The maximum absolute atomic E-state index is 14.3. The maximum Gasteiger partial charge on any atom is 0.165 e. The lowest BCUT2D eigenvalue weighted by molar-refractivity contribution is 0.0954. The van der Waals surface area contributed by atoms with Gasteiger partial charge in [0.1, 0.15) is 5.82 Å². The van der Waals surface area contributed by atoms with E-state index in [2.05, 4.69) is 65.4 Å². The Morgan fingerprint density at radius 1 is 1.18 bits per heavy atom. The van der Waals surface area contributed by atoms with Crippen molar-refractivity contribution in [3.63, 3.8) is 0 Å². The maximum atomic E-state index is 14.3. The first kappa shape index (κ1) is 28.1. The van der Waals surface area contributed by atoms with Crippen LogP contribution in [0.25, 0.3) is 0 Å². The van der Waals surface area contributed by atoms with E-state index < -0.39 is 5.82 Å². The number of hydrogen-bond donors (Lipinski definition) is 4. The fraction of sp³-hybridized carbons (Fsp3) is 0.710. The van der Waals surface area contributed by atoms with Gasteiger partial charge in [-0.25, -0.2) is 14.8 Å². The third-order valence-corrected chi connectivity index (χ3v) is 10.3. The summed E-state index contributed by atoms with van der Waals surface area (Å²) in [6.45, 7) is 11.1. The van der Waals surface area contributed by atoms with Gasteiger partial charge in [-0.15, -0.1) is 0 Å². The molecule has 1 aromatic heterocycles. The largest absolute Gasteiger partial charge is 0.505 e. The number of fused-ring (bicyclic) bond motifs is 2. The van der Waals surface area contributed by atoms with Crippen molar-refractivity contribution in [1.29, 1.82) is 0 Å². The quantitative estimate of drug-likeness (QED) is 0.416. The molecule has 3 fully saturated rings. The van der Waals surface area contributed by atoms with E-state index in [9.17, 15) is 9.50 Å². The van der Waals surface area contributed by atoms with Crippen molar-refractivity contribution in [3.05, 3.63) is 46.3 Å². The molecule has 1 aromatic carbocycles. The Kier molecular flexibility index (Phi) is 7.96. The van der Waals surface area contributed by atoms with Gasteiger partial charge in [0.05, 0.1) is 17.4 Å². The Balaban J connectivity index is 1.14. The number of likely N-dealkylation sites (tertiary alicyclic amines) is 1. The van der Waals surface area contributed by atoms with Gasteiger partial charge < -0.3 is 19.9 Å². The van der Waals surface area contributed by atoms with Crippen molar-refractivity contribution >= 4 is 0 Å². The van der Waals surface area contributed by atoms with Crippen molar-refractivity contribution in [1.82, 2.24) is 35.5 Å². The number of hydrazine groups is 1. The number of halogens is 1. The van der Waals surface area contributed by atoms with Gasteiger partial charge >= 0.3 is 0 Å². The predicted octanol–water partition coefficient (Wildman–Crippen LogP) is 3.69. The summed E-state index contributed by atoms with van der Waals surface area (Å²) in [6.07, 6.45) is 6.08. The highest BCUT2D eigenvalue weighted by Gasteiger charge is 2.44. The molecule has 2 aromatic rings. The lowest BCUT2D eigenvalue weighted by Crippen LogP contribution is -2.50. The van der Waals surface area contributed by atoms with E-state index in [4.69, 9.17) is 4.98 Å². The van der Waals surface area contributed by atoms with Gasteiger partial charge in [0.2, 0.25) is 0 Å². The molecule has 4 heterocycles. The van der Waals surface area contributed by atoms with Crippen molar-refractivity contribution in [3.8, 4) is 5.75 Å². The molecule has 4 N–H and O–H groups in total. The van der Waals surface area contributed by atoms with E-state index in [0.29, 0.717) is 36.0 Å². The van der Waals surface area contributed by atoms with Crippen LogP contribution in [0.2, 0.25) is 0 Å². The molecule has 1 saturated carbocycles. The van der Waals surface area contributed by atoms with Crippen LogP contribution < -0.4 is 10.9 Å². The van der Waals surface area contributed by atoms with Crippen LogP contribution in [-0.4, -0.2) is 87.7 Å². The molecule has 0 bridgehead atoms. The van der Waals surface area contributed by atoms with E-state index in [-0.39, 0.29) is 11.8 Å². The van der Waals surface area contributed by atoms with Gasteiger partial charge in [-0.1, -0.05) is 6.92 Å². The number of phenols is 1. The summed E-state index contributed by atoms with van der Waals surface area (Å²) in [5.41, 5.74) is 11.8. The standard InChI is InChI=1S/C31H48FN7O/c1-6-19-12-29(40)25(32)14-24(19)20-7-8-23-26(11-20)35-36-30(23)31-33-27-13-22(39(18(2)3)17-28(27)34-31)16-38-10-9-21(15-38)37(4)5/h12,14,18,20-23,26,30,35-36,40H,6-11,13,15-17H2,1-5H3,(H,33,34)/t20?,21-,22+,23?,26?,30?/m0/s1. The summed E-state index contributed by atoms with van der Waals surface area (Å²) < 4.78 is 14.3. The number of likely N-dealkylation sites (N-methyl/N-ethyl adjacent to an activating group) is 1. The van der Waals surface area contributed by atoms with Crippen LogP contribution in [0.1, 0.15) is 86.8 Å². The number of rotatable bonds is 7. The molecule has 6 rings (SSSR count). The lowest BCUT2D eigenvalue weighted by atomic mass is 9.73. The number of hydrogen-bond acceptors (Lipinski definition) is 7. The van der Waals surface area contributed by atoms with E-state index in [1.54, 1.807) is 12.1 Å². The highest BCUT2D eigenvalue weighted by Crippen LogP contribution is 2.45. The predicted molar refractivity (Wildman–Crippen MR) is 156 cm³/mol. The van der Waals surface area contributed by atoms with Gasteiger partial charge in [0.15, 0.2) is 11.6 Å². The van der Waals surface area contributed by atoms with Crippen LogP contribution in [0.15, 0.2) is 12.1 Å². The van der Waals surface area contributed by atoms with Crippen molar-refractivity contribution in [2.75, 3.05) is 33.7 Å². The number of benzene rings is 1. The fourth-order valence-electron chi connectivity index (χ4n) is 7.96. The van der Waals surface area contributed by atoms with Gasteiger partial charge in [-0.3, -0.25) is 10.3 Å². The zero-order valence-corrected chi connectivity index (χ0v) is 24.9. The first-order chi connectivity index (χ1) is 19.2. The molecular formula is C31H48FN7O. The second-order valence-corrected chi connectivity index (χ2v) is 13.2. The number of aromatic hydroxyl groups is 1. The third-order valence-electron chi connectivity index (χ3n) is 10.3. The summed E-state index contributed by atoms with van der Waals surface area (Å²) in [7, 11) is 4.40. The van der Waals surface area contributed by atoms with Crippen molar-refractivity contribution in [2.24, 2.45) is 5.92 Å². The lowest BCUT2D eigenvalue weighted by Gasteiger charge is -2.39. The van der Waals surface area contributed by atoms with Crippen LogP contribution in [-0.2, 0) is 19.4 Å². The smallest absolute Gasteiger partial charge is 0.165 e. The average molecular weight is 554 g/mol. The number of nitrogens with one attached hydrogen (secondary N) is 3. The molecule has 1 aliphatic carbocycles. The minimum atomic E-state index is -0.512. The molecular weight excluding hydrogens is 505 g/mol. The number of phenolic OH excluding ortho intramolecular Hbond substituents is 1. The number of aromatic amines is 1. The zero-order chi connectivity index (χ0) is 28.1. The monoisotopic (exact) mass is 553 g/mol. The molecule has 0 spiro atoms. The van der Waals surface area contributed by atoms with E-state index in [1.807, 2.05) is 0 Å². The minimum Gasteiger partial charge on any atom is -0.505 e. The normalized spacial score (nSPS) is 31.3. The second kappa shape index (κ2) is 11.3. The van der Waals surface area contributed by atoms with Crippen molar-refractivity contribution < 1.29 is 9.50 Å². The Labute approximate surface area is 238 Å². The van der Waals surface area contributed by atoms with Crippen LogP contribution >= 0.6 is 0 Å². The highest BCUT2D eigenvalue weighted by atomic mass is 19.1. The Morgan fingerprint density at radius 3 is 2.73 bits per heavy atom. The molecule has 3 aliphatic heterocycles. The van der Waals surface area contributed by atoms with Gasteiger partial charge in [-0.2, -0.15) is 0 Å². The Hall–Kier alpha value is -2.04. The average Bonchev–Trinajstić information content (AvgIpc) is 3.67. The molecule has 0 amide bonds. The number of aromatic nitrogens is 2. The molecule has 8 nitrogen and oxygen atoms in total.